The molecular formula is C15H25N3O2. The third-order valence-corrected chi connectivity index (χ3v) is 4.61. The summed E-state index contributed by atoms with van der Waals surface area (Å²) in [4.78, 5) is 11.6. The predicted molar refractivity (Wildman–Crippen MR) is 76.4 cm³/mol. The molecule has 3 unspecified atom stereocenters. The van der Waals surface area contributed by atoms with Crippen molar-refractivity contribution in [3.8, 4) is 0 Å². The van der Waals surface area contributed by atoms with Crippen LogP contribution in [-0.4, -0.2) is 26.1 Å². The fourth-order valence-corrected chi connectivity index (χ4v) is 3.37. The molecule has 5 heteroatoms. The maximum atomic E-state index is 11.6. The van der Waals surface area contributed by atoms with Gasteiger partial charge in [0.1, 0.15) is 0 Å². The first-order chi connectivity index (χ1) is 9.54. The molecule has 0 radical (unpaired) electrons. The van der Waals surface area contributed by atoms with E-state index in [-0.39, 0.29) is 11.8 Å². The first-order valence-electron chi connectivity index (χ1n) is 7.65. The summed E-state index contributed by atoms with van der Waals surface area (Å²) in [5.41, 5.74) is 1.00. The van der Waals surface area contributed by atoms with Crippen LogP contribution in [0.2, 0.25) is 0 Å². The highest BCUT2D eigenvalue weighted by Crippen LogP contribution is 2.43. The fourth-order valence-electron chi connectivity index (χ4n) is 3.37. The highest BCUT2D eigenvalue weighted by Gasteiger charge is 2.38. The molecule has 0 bridgehead atoms. The predicted octanol–water partition coefficient (Wildman–Crippen LogP) is 2.93. The summed E-state index contributed by atoms with van der Waals surface area (Å²) in [6.45, 7) is 7.36. The molecule has 0 saturated heterocycles. The summed E-state index contributed by atoms with van der Waals surface area (Å²) in [6.07, 6.45) is 5.46. The molecule has 1 aliphatic carbocycles. The van der Waals surface area contributed by atoms with Gasteiger partial charge in [0.2, 0.25) is 0 Å². The molecular weight excluding hydrogens is 254 g/mol. The molecule has 3 atom stereocenters. The Morgan fingerprint density at radius 3 is 2.85 bits per heavy atom. The van der Waals surface area contributed by atoms with Gasteiger partial charge in [0.25, 0.3) is 0 Å². The second-order valence-electron chi connectivity index (χ2n) is 6.25. The zero-order valence-electron chi connectivity index (χ0n) is 12.6. The van der Waals surface area contributed by atoms with Gasteiger partial charge in [0.05, 0.1) is 17.8 Å². The monoisotopic (exact) mass is 279 g/mol. The van der Waals surface area contributed by atoms with E-state index in [4.69, 9.17) is 0 Å². The quantitative estimate of drug-likeness (QED) is 0.899. The number of carbonyl (C=O) groups is 1. The molecule has 1 aromatic heterocycles. The second-order valence-corrected chi connectivity index (χ2v) is 6.25. The van der Waals surface area contributed by atoms with Crippen LogP contribution in [0.15, 0.2) is 6.20 Å². The number of hydrogen-bond donors (Lipinski definition) is 1. The Morgan fingerprint density at radius 2 is 2.25 bits per heavy atom. The molecule has 1 aromatic rings. The van der Waals surface area contributed by atoms with Crippen molar-refractivity contribution >= 4 is 5.97 Å². The molecule has 1 aliphatic rings. The summed E-state index contributed by atoms with van der Waals surface area (Å²) >= 11 is 0. The fraction of sp³-hybridized carbons (Fsp3) is 0.800. The standard InChI is InChI=1S/C15H25N3O2/c1-4-7-18-14(9-16-17-18)13-8-11(10(2)3)5-6-12(13)15(19)20/h9-13H,4-8H2,1-3H3,(H,19,20). The van der Waals surface area contributed by atoms with E-state index in [9.17, 15) is 9.90 Å². The van der Waals surface area contributed by atoms with Gasteiger partial charge in [-0.1, -0.05) is 26.0 Å². The molecule has 0 aromatic carbocycles. The Balaban J connectivity index is 2.26. The normalized spacial score (nSPS) is 26.9. The van der Waals surface area contributed by atoms with E-state index in [0.29, 0.717) is 11.8 Å². The molecule has 20 heavy (non-hydrogen) atoms. The molecule has 0 spiro atoms. The first kappa shape index (κ1) is 15.0. The molecule has 1 saturated carbocycles. The molecule has 0 aliphatic heterocycles. The smallest absolute Gasteiger partial charge is 0.307 e. The topological polar surface area (TPSA) is 68.0 Å². The summed E-state index contributed by atoms with van der Waals surface area (Å²) in [5.74, 6) is 0.277. The average molecular weight is 279 g/mol. The number of aromatic nitrogens is 3. The van der Waals surface area contributed by atoms with Gasteiger partial charge in [0.15, 0.2) is 0 Å². The zero-order chi connectivity index (χ0) is 14.7. The van der Waals surface area contributed by atoms with E-state index in [0.717, 1.165) is 37.9 Å². The summed E-state index contributed by atoms with van der Waals surface area (Å²) in [5, 5.41) is 17.6. The molecule has 2 rings (SSSR count). The highest BCUT2D eigenvalue weighted by molar-refractivity contribution is 5.71. The number of nitrogens with zero attached hydrogens (tertiary/aromatic N) is 3. The molecule has 112 valence electrons. The molecule has 5 nitrogen and oxygen atoms in total. The van der Waals surface area contributed by atoms with Crippen molar-refractivity contribution in [2.45, 2.75) is 58.9 Å². The highest BCUT2D eigenvalue weighted by atomic mass is 16.4. The Morgan fingerprint density at radius 1 is 1.50 bits per heavy atom. The minimum absolute atomic E-state index is 0.0511. The Kier molecular flexibility index (Phi) is 4.78. The van der Waals surface area contributed by atoms with Gasteiger partial charge in [0, 0.05) is 12.5 Å². The minimum Gasteiger partial charge on any atom is -0.481 e. The summed E-state index contributed by atoms with van der Waals surface area (Å²) in [7, 11) is 0. The summed E-state index contributed by atoms with van der Waals surface area (Å²) < 4.78 is 1.89. The third kappa shape index (κ3) is 3.02. The molecule has 0 amide bonds. The number of carboxylic acid groups (broad SMARTS) is 1. The van der Waals surface area contributed by atoms with Crippen LogP contribution in [0.3, 0.4) is 0 Å². The van der Waals surface area contributed by atoms with E-state index in [1.54, 1.807) is 6.20 Å². The molecule has 1 heterocycles. The van der Waals surface area contributed by atoms with Gasteiger partial charge in [-0.05, 0) is 37.5 Å². The Hall–Kier alpha value is -1.39. The lowest BCUT2D eigenvalue weighted by atomic mass is 9.69. The van der Waals surface area contributed by atoms with Crippen molar-refractivity contribution in [1.82, 2.24) is 15.0 Å². The van der Waals surface area contributed by atoms with Crippen LogP contribution in [0.4, 0.5) is 0 Å². The Labute approximate surface area is 120 Å². The van der Waals surface area contributed by atoms with Gasteiger partial charge in [-0.2, -0.15) is 0 Å². The van der Waals surface area contributed by atoms with Crippen molar-refractivity contribution in [2.75, 3.05) is 0 Å². The zero-order valence-corrected chi connectivity index (χ0v) is 12.6. The summed E-state index contributed by atoms with van der Waals surface area (Å²) in [6, 6.07) is 0. The number of rotatable bonds is 5. The average Bonchev–Trinajstić information content (AvgIpc) is 2.86. The van der Waals surface area contributed by atoms with Gasteiger partial charge < -0.3 is 5.11 Å². The lowest BCUT2D eigenvalue weighted by Crippen LogP contribution is -2.32. The van der Waals surface area contributed by atoms with Crippen LogP contribution in [0.1, 0.15) is 58.1 Å². The molecule has 1 fully saturated rings. The van der Waals surface area contributed by atoms with Gasteiger partial charge in [-0.3, -0.25) is 4.79 Å². The van der Waals surface area contributed by atoms with Gasteiger partial charge >= 0.3 is 5.97 Å². The van der Waals surface area contributed by atoms with Crippen molar-refractivity contribution in [3.63, 3.8) is 0 Å². The van der Waals surface area contributed by atoms with Crippen LogP contribution >= 0.6 is 0 Å². The van der Waals surface area contributed by atoms with Gasteiger partial charge in [-0.25, -0.2) is 4.68 Å². The van der Waals surface area contributed by atoms with Crippen LogP contribution in [0.25, 0.3) is 0 Å². The molecule has 1 N–H and O–H groups in total. The van der Waals surface area contributed by atoms with Crippen molar-refractivity contribution < 1.29 is 9.90 Å². The van der Waals surface area contributed by atoms with Crippen molar-refractivity contribution in [2.24, 2.45) is 17.8 Å². The maximum Gasteiger partial charge on any atom is 0.307 e. The van der Waals surface area contributed by atoms with Crippen LogP contribution in [0, 0.1) is 17.8 Å². The second kappa shape index (κ2) is 6.37. The van der Waals surface area contributed by atoms with E-state index in [2.05, 4.69) is 31.1 Å². The van der Waals surface area contributed by atoms with E-state index in [1.807, 2.05) is 4.68 Å². The number of hydrogen-bond acceptors (Lipinski definition) is 3. The van der Waals surface area contributed by atoms with Crippen LogP contribution in [-0.2, 0) is 11.3 Å². The first-order valence-corrected chi connectivity index (χ1v) is 7.65. The lowest BCUT2D eigenvalue weighted by molar-refractivity contribution is -0.144. The number of aliphatic carboxylic acids is 1. The van der Waals surface area contributed by atoms with Crippen molar-refractivity contribution in [3.05, 3.63) is 11.9 Å². The lowest BCUT2D eigenvalue weighted by Gasteiger charge is -2.35. The largest absolute Gasteiger partial charge is 0.481 e. The van der Waals surface area contributed by atoms with Crippen molar-refractivity contribution in [1.29, 1.82) is 0 Å². The van der Waals surface area contributed by atoms with E-state index in [1.165, 1.54) is 0 Å². The minimum atomic E-state index is -0.679. The van der Waals surface area contributed by atoms with Crippen LogP contribution in [0.5, 0.6) is 0 Å². The maximum absolute atomic E-state index is 11.6. The van der Waals surface area contributed by atoms with E-state index < -0.39 is 5.97 Å². The number of aryl methyl sites for hydroxylation is 1. The van der Waals surface area contributed by atoms with Crippen LogP contribution < -0.4 is 0 Å². The van der Waals surface area contributed by atoms with Gasteiger partial charge in [-0.15, -0.1) is 5.10 Å². The van der Waals surface area contributed by atoms with E-state index >= 15 is 0 Å². The third-order valence-electron chi connectivity index (χ3n) is 4.61. The SMILES string of the molecule is CCCn1nncc1C1CC(C(C)C)CCC1C(=O)O. The number of carboxylic acids is 1. The Bertz CT molecular complexity index is 456.